The van der Waals surface area contributed by atoms with Crippen LogP contribution in [0.4, 0.5) is 4.39 Å². The first-order valence-corrected chi connectivity index (χ1v) is 8.83. The summed E-state index contributed by atoms with van der Waals surface area (Å²) in [6.45, 7) is 1.16. The second-order valence-corrected chi connectivity index (χ2v) is 6.53. The average Bonchev–Trinajstić information content (AvgIpc) is 3.34. The Balaban J connectivity index is 1.53. The zero-order valence-corrected chi connectivity index (χ0v) is 14.3. The molecule has 1 aliphatic rings. The van der Waals surface area contributed by atoms with E-state index in [1.54, 1.807) is 29.1 Å². The molecule has 1 unspecified atom stereocenters. The number of hydrogen-bond acceptors (Lipinski definition) is 3. The van der Waals surface area contributed by atoms with E-state index in [0.29, 0.717) is 24.6 Å². The van der Waals surface area contributed by atoms with Gasteiger partial charge in [-0.3, -0.25) is 9.48 Å². The van der Waals surface area contributed by atoms with Crippen molar-refractivity contribution in [3.8, 4) is 0 Å². The Morgan fingerprint density at radius 1 is 1.19 bits per heavy atom. The average molecular weight is 353 g/mol. The highest BCUT2D eigenvalue weighted by atomic mass is 19.1. The van der Waals surface area contributed by atoms with Crippen molar-refractivity contribution in [2.24, 2.45) is 0 Å². The van der Waals surface area contributed by atoms with Gasteiger partial charge in [0.2, 0.25) is 0 Å². The third-order valence-electron chi connectivity index (χ3n) is 4.77. The summed E-state index contributed by atoms with van der Waals surface area (Å²) in [6.07, 6.45) is 6.44. The van der Waals surface area contributed by atoms with E-state index in [1.165, 1.54) is 12.1 Å². The topological polar surface area (TPSA) is 51.3 Å². The van der Waals surface area contributed by atoms with E-state index >= 15 is 0 Å². The van der Waals surface area contributed by atoms with Crippen molar-refractivity contribution < 1.29 is 13.6 Å². The third kappa shape index (κ3) is 3.40. The summed E-state index contributed by atoms with van der Waals surface area (Å²) in [6, 6.07) is 11.7. The second-order valence-electron chi connectivity index (χ2n) is 6.53. The van der Waals surface area contributed by atoms with Crippen LogP contribution in [0, 0.1) is 5.82 Å². The number of hydrogen-bond donors (Lipinski definition) is 0. The molecule has 1 saturated heterocycles. The SMILES string of the molecule is O=C(c1ccc(Cn2cccn2)o1)N1CCCCC1c1ccc(F)cc1. The van der Waals surface area contributed by atoms with Crippen LogP contribution in [-0.2, 0) is 6.54 Å². The summed E-state index contributed by atoms with van der Waals surface area (Å²) in [7, 11) is 0. The van der Waals surface area contributed by atoms with Crippen LogP contribution in [0.1, 0.15) is 47.2 Å². The summed E-state index contributed by atoms with van der Waals surface area (Å²) in [5.41, 5.74) is 0.961. The van der Waals surface area contributed by atoms with Gasteiger partial charge in [-0.25, -0.2) is 4.39 Å². The number of carbonyl (C=O) groups is 1. The molecule has 5 nitrogen and oxygen atoms in total. The van der Waals surface area contributed by atoms with Crippen LogP contribution in [0.15, 0.2) is 59.3 Å². The fraction of sp³-hybridized carbons (Fsp3) is 0.300. The first-order chi connectivity index (χ1) is 12.7. The molecule has 4 rings (SSSR count). The maximum absolute atomic E-state index is 13.2. The van der Waals surface area contributed by atoms with E-state index in [9.17, 15) is 9.18 Å². The van der Waals surface area contributed by atoms with Crippen molar-refractivity contribution in [2.45, 2.75) is 31.8 Å². The molecule has 134 valence electrons. The van der Waals surface area contributed by atoms with Crippen molar-refractivity contribution in [3.63, 3.8) is 0 Å². The quantitative estimate of drug-likeness (QED) is 0.711. The third-order valence-corrected chi connectivity index (χ3v) is 4.77. The van der Waals surface area contributed by atoms with Gasteiger partial charge in [0.05, 0.1) is 12.6 Å². The Kier molecular flexibility index (Phi) is 4.56. The minimum Gasteiger partial charge on any atom is -0.454 e. The molecule has 1 amide bonds. The van der Waals surface area contributed by atoms with Crippen molar-refractivity contribution in [3.05, 3.63) is 77.8 Å². The van der Waals surface area contributed by atoms with Gasteiger partial charge in [0.25, 0.3) is 5.91 Å². The lowest BCUT2D eigenvalue weighted by Gasteiger charge is -2.35. The number of aromatic nitrogens is 2. The number of furan rings is 1. The van der Waals surface area contributed by atoms with Gasteiger partial charge in [-0.15, -0.1) is 0 Å². The molecule has 2 aromatic heterocycles. The van der Waals surface area contributed by atoms with Gasteiger partial charge in [0.1, 0.15) is 11.6 Å². The standard InChI is InChI=1S/C20H20FN3O2/c21-16-7-5-15(6-8-16)18-4-1-2-13-24(18)20(25)19-10-9-17(26-19)14-23-12-3-11-22-23/h3,5-12,18H,1-2,4,13-14H2. The van der Waals surface area contributed by atoms with Crippen molar-refractivity contribution >= 4 is 5.91 Å². The zero-order valence-electron chi connectivity index (χ0n) is 14.3. The van der Waals surface area contributed by atoms with Crippen LogP contribution in [0.3, 0.4) is 0 Å². The Hall–Kier alpha value is -2.89. The maximum Gasteiger partial charge on any atom is 0.290 e. The zero-order chi connectivity index (χ0) is 17.9. The lowest BCUT2D eigenvalue weighted by Crippen LogP contribution is -2.38. The van der Waals surface area contributed by atoms with Gasteiger partial charge in [-0.05, 0) is 55.2 Å². The van der Waals surface area contributed by atoms with E-state index in [4.69, 9.17) is 4.42 Å². The van der Waals surface area contributed by atoms with Crippen LogP contribution in [0.2, 0.25) is 0 Å². The molecular weight excluding hydrogens is 333 g/mol. The lowest BCUT2D eigenvalue weighted by atomic mass is 9.95. The van der Waals surface area contributed by atoms with Crippen LogP contribution >= 0.6 is 0 Å². The molecule has 1 fully saturated rings. The molecule has 6 heteroatoms. The molecule has 0 aliphatic carbocycles. The van der Waals surface area contributed by atoms with Gasteiger partial charge >= 0.3 is 0 Å². The van der Waals surface area contributed by atoms with Crippen LogP contribution in [0.5, 0.6) is 0 Å². The number of amides is 1. The van der Waals surface area contributed by atoms with E-state index in [0.717, 1.165) is 24.8 Å². The van der Waals surface area contributed by atoms with Gasteiger partial charge in [-0.2, -0.15) is 5.10 Å². The highest BCUT2D eigenvalue weighted by Crippen LogP contribution is 2.32. The largest absolute Gasteiger partial charge is 0.454 e. The smallest absolute Gasteiger partial charge is 0.290 e. The molecule has 3 aromatic rings. The van der Waals surface area contributed by atoms with E-state index < -0.39 is 0 Å². The molecular formula is C20H20FN3O2. The summed E-state index contributed by atoms with van der Waals surface area (Å²) >= 11 is 0. The van der Waals surface area contributed by atoms with Gasteiger partial charge in [0, 0.05) is 18.9 Å². The predicted octanol–water partition coefficient (Wildman–Crippen LogP) is 4.03. The highest BCUT2D eigenvalue weighted by Gasteiger charge is 2.30. The minimum atomic E-state index is -0.267. The number of benzene rings is 1. The van der Waals surface area contributed by atoms with Crippen LogP contribution in [-0.4, -0.2) is 27.1 Å². The van der Waals surface area contributed by atoms with Crippen LogP contribution in [0.25, 0.3) is 0 Å². The number of rotatable bonds is 4. The van der Waals surface area contributed by atoms with Crippen LogP contribution < -0.4 is 0 Å². The molecule has 0 spiro atoms. The Morgan fingerprint density at radius 2 is 2.04 bits per heavy atom. The molecule has 3 heterocycles. The number of nitrogens with zero attached hydrogens (tertiary/aromatic N) is 3. The minimum absolute atomic E-state index is 0.0449. The van der Waals surface area contributed by atoms with Crippen molar-refractivity contribution in [1.29, 1.82) is 0 Å². The molecule has 0 radical (unpaired) electrons. The fourth-order valence-electron chi connectivity index (χ4n) is 3.48. The molecule has 1 atom stereocenters. The summed E-state index contributed by atoms with van der Waals surface area (Å²) < 4.78 is 20.7. The lowest BCUT2D eigenvalue weighted by molar-refractivity contribution is 0.0576. The Bertz CT molecular complexity index is 871. The molecule has 0 bridgehead atoms. The molecule has 26 heavy (non-hydrogen) atoms. The fourth-order valence-corrected chi connectivity index (χ4v) is 3.48. The van der Waals surface area contributed by atoms with Gasteiger partial charge in [0.15, 0.2) is 5.76 Å². The van der Waals surface area contributed by atoms with E-state index in [-0.39, 0.29) is 17.8 Å². The normalized spacial score (nSPS) is 17.4. The highest BCUT2D eigenvalue weighted by molar-refractivity contribution is 5.92. The number of likely N-dealkylation sites (tertiary alicyclic amines) is 1. The molecule has 0 saturated carbocycles. The molecule has 1 aliphatic heterocycles. The van der Waals surface area contributed by atoms with Crippen molar-refractivity contribution in [2.75, 3.05) is 6.54 Å². The predicted molar refractivity (Wildman–Crippen MR) is 94.1 cm³/mol. The summed E-state index contributed by atoms with van der Waals surface area (Å²) in [5, 5.41) is 4.14. The summed E-state index contributed by atoms with van der Waals surface area (Å²) in [5.74, 6) is 0.635. The molecule has 1 aromatic carbocycles. The second kappa shape index (κ2) is 7.15. The molecule has 0 N–H and O–H groups in total. The first kappa shape index (κ1) is 16.6. The van der Waals surface area contributed by atoms with Crippen molar-refractivity contribution in [1.82, 2.24) is 14.7 Å². The van der Waals surface area contributed by atoms with Gasteiger partial charge in [-0.1, -0.05) is 12.1 Å². The van der Waals surface area contributed by atoms with E-state index in [1.807, 2.05) is 23.2 Å². The first-order valence-electron chi connectivity index (χ1n) is 8.83. The monoisotopic (exact) mass is 353 g/mol. The maximum atomic E-state index is 13.2. The number of halogens is 1. The number of piperidine rings is 1. The van der Waals surface area contributed by atoms with E-state index in [2.05, 4.69) is 5.10 Å². The Morgan fingerprint density at radius 3 is 2.81 bits per heavy atom. The Labute approximate surface area is 151 Å². The number of carbonyl (C=O) groups excluding carboxylic acids is 1. The van der Waals surface area contributed by atoms with Gasteiger partial charge < -0.3 is 9.32 Å². The summed E-state index contributed by atoms with van der Waals surface area (Å²) in [4.78, 5) is 14.8.